The fourth-order valence-electron chi connectivity index (χ4n) is 2.02. The van der Waals surface area contributed by atoms with Gasteiger partial charge in [-0.3, -0.25) is 4.98 Å². The highest BCUT2D eigenvalue weighted by Gasteiger charge is 2.08. The van der Waals surface area contributed by atoms with E-state index >= 15 is 0 Å². The molecular weight excluding hydrogens is 242 g/mol. The Labute approximate surface area is 112 Å². The number of benzene rings is 1. The molecule has 0 aliphatic rings. The zero-order valence-corrected chi connectivity index (χ0v) is 11.9. The van der Waals surface area contributed by atoms with Crippen LogP contribution in [0.5, 0.6) is 0 Å². The van der Waals surface area contributed by atoms with Crippen LogP contribution in [0.25, 0.3) is 10.9 Å². The van der Waals surface area contributed by atoms with Gasteiger partial charge in [-0.25, -0.2) is 0 Å². The average molecular weight is 261 g/mol. The molecule has 18 heavy (non-hydrogen) atoms. The Morgan fingerprint density at radius 2 is 2.11 bits per heavy atom. The number of aryl methyl sites for hydroxylation is 1. The van der Waals surface area contributed by atoms with Crippen LogP contribution in [0.15, 0.2) is 24.3 Å². The summed E-state index contributed by atoms with van der Waals surface area (Å²) in [5.41, 5.74) is 9.92. The van der Waals surface area contributed by atoms with Crippen LogP contribution >= 0.6 is 11.8 Å². The molecule has 2 rings (SSSR count). The Hall–Kier alpha value is -1.42. The molecule has 0 saturated carbocycles. The second kappa shape index (κ2) is 5.48. The summed E-state index contributed by atoms with van der Waals surface area (Å²) in [7, 11) is 2.12. The van der Waals surface area contributed by atoms with Gasteiger partial charge in [-0.15, -0.1) is 0 Å². The number of aromatic nitrogens is 1. The zero-order valence-electron chi connectivity index (χ0n) is 11.1. The molecule has 0 unspecified atom stereocenters. The number of hydrogen-bond acceptors (Lipinski definition) is 4. The maximum Gasteiger partial charge on any atom is 0.0727 e. The molecule has 0 bridgehead atoms. The van der Waals surface area contributed by atoms with Crippen LogP contribution in [-0.2, 0) is 0 Å². The molecular formula is C14H19N3S. The lowest BCUT2D eigenvalue weighted by atomic mass is 10.1. The van der Waals surface area contributed by atoms with Crippen LogP contribution in [0.1, 0.15) is 5.69 Å². The minimum absolute atomic E-state index is 0.785. The number of thioether (sulfide) groups is 1. The van der Waals surface area contributed by atoms with E-state index in [2.05, 4.69) is 29.3 Å². The quantitative estimate of drug-likeness (QED) is 0.859. The van der Waals surface area contributed by atoms with Gasteiger partial charge in [0.1, 0.15) is 0 Å². The standard InChI is InChI=1S/C14H19N3S/c1-10-8-14(17(2)6-7-18-3)12-9-11(15)4-5-13(12)16-10/h4-5,8-9H,6-7,15H2,1-3H3. The molecule has 0 spiro atoms. The molecule has 0 atom stereocenters. The highest BCUT2D eigenvalue weighted by Crippen LogP contribution is 2.27. The molecule has 2 aromatic rings. The first-order chi connectivity index (χ1) is 8.61. The summed E-state index contributed by atoms with van der Waals surface area (Å²) in [6, 6.07) is 8.03. The molecule has 4 heteroatoms. The Bertz CT molecular complexity index is 554. The van der Waals surface area contributed by atoms with E-state index in [1.54, 1.807) is 0 Å². The number of hydrogen-bond donors (Lipinski definition) is 1. The fourth-order valence-corrected chi connectivity index (χ4v) is 2.48. The summed E-state index contributed by atoms with van der Waals surface area (Å²) in [5, 5.41) is 1.13. The van der Waals surface area contributed by atoms with Gasteiger partial charge in [0, 0.05) is 41.8 Å². The van der Waals surface area contributed by atoms with E-state index in [9.17, 15) is 0 Å². The lowest BCUT2D eigenvalue weighted by molar-refractivity contribution is 0.980. The Balaban J connectivity index is 2.50. The minimum Gasteiger partial charge on any atom is -0.399 e. The van der Waals surface area contributed by atoms with Gasteiger partial charge >= 0.3 is 0 Å². The Kier molecular flexibility index (Phi) is 3.97. The number of anilines is 2. The van der Waals surface area contributed by atoms with Gasteiger partial charge < -0.3 is 10.6 Å². The van der Waals surface area contributed by atoms with Crippen molar-refractivity contribution >= 4 is 34.0 Å². The SMILES string of the molecule is CSCCN(C)c1cc(C)nc2ccc(N)cc12. The predicted molar refractivity (Wildman–Crippen MR) is 82.5 cm³/mol. The number of nitrogen functional groups attached to an aromatic ring is 1. The molecule has 0 aliphatic carbocycles. The van der Waals surface area contributed by atoms with Crippen LogP contribution in [-0.4, -0.2) is 30.6 Å². The van der Waals surface area contributed by atoms with E-state index in [1.807, 2.05) is 36.9 Å². The van der Waals surface area contributed by atoms with E-state index in [0.29, 0.717) is 0 Å². The van der Waals surface area contributed by atoms with E-state index in [4.69, 9.17) is 5.73 Å². The van der Waals surface area contributed by atoms with Crippen molar-refractivity contribution in [3.8, 4) is 0 Å². The number of pyridine rings is 1. The third-order valence-corrected chi connectivity index (χ3v) is 3.57. The van der Waals surface area contributed by atoms with Gasteiger partial charge in [0.15, 0.2) is 0 Å². The topological polar surface area (TPSA) is 42.2 Å². The summed E-state index contributed by atoms with van der Waals surface area (Å²) in [6.07, 6.45) is 2.13. The first kappa shape index (κ1) is 13.0. The van der Waals surface area contributed by atoms with Crippen LogP contribution in [0.4, 0.5) is 11.4 Å². The lowest BCUT2D eigenvalue weighted by Gasteiger charge is -2.21. The van der Waals surface area contributed by atoms with Gasteiger partial charge in [0.05, 0.1) is 5.52 Å². The molecule has 1 heterocycles. The molecule has 3 nitrogen and oxygen atoms in total. The molecule has 0 amide bonds. The highest BCUT2D eigenvalue weighted by atomic mass is 32.2. The third kappa shape index (κ3) is 2.70. The van der Waals surface area contributed by atoms with Crippen LogP contribution in [0.3, 0.4) is 0 Å². The monoisotopic (exact) mass is 261 g/mol. The van der Waals surface area contributed by atoms with Crippen molar-refractivity contribution in [3.63, 3.8) is 0 Å². The van der Waals surface area contributed by atoms with Gasteiger partial charge in [-0.2, -0.15) is 11.8 Å². The first-order valence-electron chi connectivity index (χ1n) is 5.99. The van der Waals surface area contributed by atoms with Crippen molar-refractivity contribution in [1.82, 2.24) is 4.98 Å². The van der Waals surface area contributed by atoms with Gasteiger partial charge in [-0.05, 0) is 37.4 Å². The predicted octanol–water partition coefficient (Wildman–Crippen LogP) is 2.92. The molecule has 0 saturated heterocycles. The summed E-state index contributed by atoms with van der Waals surface area (Å²) < 4.78 is 0. The maximum atomic E-state index is 5.88. The molecule has 0 fully saturated rings. The van der Waals surface area contributed by atoms with E-state index < -0.39 is 0 Å². The van der Waals surface area contributed by atoms with E-state index in [-0.39, 0.29) is 0 Å². The van der Waals surface area contributed by atoms with Crippen molar-refractivity contribution in [2.24, 2.45) is 0 Å². The Morgan fingerprint density at radius 1 is 1.33 bits per heavy atom. The zero-order chi connectivity index (χ0) is 13.1. The van der Waals surface area contributed by atoms with Crippen LogP contribution in [0.2, 0.25) is 0 Å². The normalized spacial score (nSPS) is 10.8. The maximum absolute atomic E-state index is 5.88. The number of nitrogens with zero attached hydrogens (tertiary/aromatic N) is 2. The van der Waals surface area contributed by atoms with E-state index in [1.165, 1.54) is 5.69 Å². The summed E-state index contributed by atoms with van der Waals surface area (Å²) in [6.45, 7) is 3.05. The molecule has 0 radical (unpaired) electrons. The summed E-state index contributed by atoms with van der Waals surface area (Å²) in [4.78, 5) is 6.82. The van der Waals surface area contributed by atoms with E-state index in [0.717, 1.165) is 34.6 Å². The highest BCUT2D eigenvalue weighted by molar-refractivity contribution is 7.98. The molecule has 1 aromatic heterocycles. The van der Waals surface area contributed by atoms with Gasteiger partial charge in [0.2, 0.25) is 0 Å². The van der Waals surface area contributed by atoms with Crippen molar-refractivity contribution in [3.05, 3.63) is 30.0 Å². The molecule has 1 aromatic carbocycles. The fraction of sp³-hybridized carbons (Fsp3) is 0.357. The number of rotatable bonds is 4. The smallest absolute Gasteiger partial charge is 0.0727 e. The van der Waals surface area contributed by atoms with Crippen molar-refractivity contribution in [2.45, 2.75) is 6.92 Å². The second-order valence-electron chi connectivity index (χ2n) is 4.47. The van der Waals surface area contributed by atoms with Crippen molar-refractivity contribution in [2.75, 3.05) is 36.2 Å². The summed E-state index contributed by atoms with van der Waals surface area (Å²) >= 11 is 1.86. The second-order valence-corrected chi connectivity index (χ2v) is 5.46. The third-order valence-electron chi connectivity index (χ3n) is 2.98. The lowest BCUT2D eigenvalue weighted by Crippen LogP contribution is -2.20. The van der Waals surface area contributed by atoms with Crippen molar-refractivity contribution < 1.29 is 0 Å². The van der Waals surface area contributed by atoms with Crippen LogP contribution in [0, 0.1) is 6.92 Å². The largest absolute Gasteiger partial charge is 0.399 e. The first-order valence-corrected chi connectivity index (χ1v) is 7.38. The summed E-state index contributed by atoms with van der Waals surface area (Å²) in [5.74, 6) is 1.11. The van der Waals surface area contributed by atoms with Crippen molar-refractivity contribution in [1.29, 1.82) is 0 Å². The van der Waals surface area contributed by atoms with Gasteiger partial charge in [0.25, 0.3) is 0 Å². The van der Waals surface area contributed by atoms with Gasteiger partial charge in [-0.1, -0.05) is 0 Å². The Morgan fingerprint density at radius 3 is 2.83 bits per heavy atom. The molecule has 96 valence electrons. The average Bonchev–Trinajstić information content (AvgIpc) is 2.35. The number of fused-ring (bicyclic) bond motifs is 1. The van der Waals surface area contributed by atoms with Crippen LogP contribution < -0.4 is 10.6 Å². The number of nitrogens with two attached hydrogens (primary N) is 1. The molecule has 2 N–H and O–H groups in total. The minimum atomic E-state index is 0.785. The molecule has 0 aliphatic heterocycles.